The maximum Gasteiger partial charge on any atom is 0.340 e. The summed E-state index contributed by atoms with van der Waals surface area (Å²) in [4.78, 5) is 22.8. The third kappa shape index (κ3) is 4.54. The van der Waals surface area contributed by atoms with Crippen molar-refractivity contribution in [1.29, 1.82) is 0 Å². The highest BCUT2D eigenvalue weighted by molar-refractivity contribution is 7.90. The van der Waals surface area contributed by atoms with Gasteiger partial charge in [0.05, 0.1) is 17.5 Å². The first-order valence-corrected chi connectivity index (χ1v) is 8.39. The van der Waals surface area contributed by atoms with Gasteiger partial charge in [-0.2, -0.15) is 4.37 Å². The number of aryl methyl sites for hydroxylation is 1. The second kappa shape index (κ2) is 6.29. The molecule has 0 aromatic carbocycles. The molecule has 0 radical (unpaired) electrons. The van der Waals surface area contributed by atoms with Gasteiger partial charge in [0.25, 0.3) is 0 Å². The van der Waals surface area contributed by atoms with Crippen LogP contribution < -0.4 is 11.1 Å². The molecule has 1 aromatic heterocycles. The fourth-order valence-electron chi connectivity index (χ4n) is 1.38. The molecule has 0 saturated carbocycles. The molecule has 1 unspecified atom stereocenters. The van der Waals surface area contributed by atoms with E-state index in [4.69, 9.17) is 10.8 Å². The van der Waals surface area contributed by atoms with Gasteiger partial charge < -0.3 is 16.2 Å². The zero-order valence-corrected chi connectivity index (χ0v) is 12.5. The lowest BCUT2D eigenvalue weighted by Crippen LogP contribution is -2.37. The largest absolute Gasteiger partial charge is 0.478 e. The van der Waals surface area contributed by atoms with Crippen LogP contribution >= 0.6 is 11.5 Å². The Morgan fingerprint density at radius 1 is 1.50 bits per heavy atom. The van der Waals surface area contributed by atoms with Crippen molar-refractivity contribution in [1.82, 2.24) is 4.37 Å². The third-order valence-corrected chi connectivity index (χ3v) is 4.28. The van der Waals surface area contributed by atoms with Crippen molar-refractivity contribution >= 4 is 38.2 Å². The van der Waals surface area contributed by atoms with Crippen molar-refractivity contribution in [3.63, 3.8) is 0 Å². The number of nitrogens with zero attached hydrogens (tertiary/aromatic N) is 1. The summed E-state index contributed by atoms with van der Waals surface area (Å²) in [5, 5.41) is 11.5. The first-order valence-electron chi connectivity index (χ1n) is 5.55. The number of aromatic carboxylic acids is 1. The zero-order chi connectivity index (χ0) is 15.5. The van der Waals surface area contributed by atoms with E-state index in [1.807, 2.05) is 0 Å². The average Bonchev–Trinajstić information content (AvgIpc) is 2.66. The predicted octanol–water partition coefficient (Wildman–Crippen LogP) is -0.150. The van der Waals surface area contributed by atoms with Crippen LogP contribution in [0.1, 0.15) is 22.5 Å². The number of nitrogens with one attached hydrogen (secondary N) is 1. The van der Waals surface area contributed by atoms with Crippen molar-refractivity contribution in [2.24, 2.45) is 5.73 Å². The Balaban J connectivity index is 2.74. The van der Waals surface area contributed by atoms with Crippen molar-refractivity contribution in [2.45, 2.75) is 19.4 Å². The fraction of sp³-hybridized carbons (Fsp3) is 0.500. The standard InChI is InChI=1S/C10H15N3O5S2/c1-5-7(10(15)16)9(19-13-5)12-8(14)6(11)3-4-20(2,17)18/h6H,3-4,11H2,1-2H3,(H,12,14)(H,15,16). The first-order chi connectivity index (χ1) is 9.11. The number of hydrogen-bond donors (Lipinski definition) is 3. The number of amides is 1. The summed E-state index contributed by atoms with van der Waals surface area (Å²) < 4.78 is 25.8. The number of anilines is 1. The van der Waals surface area contributed by atoms with Crippen LogP contribution in [0.4, 0.5) is 5.00 Å². The Labute approximate surface area is 120 Å². The average molecular weight is 321 g/mol. The minimum absolute atomic E-state index is 0.0368. The molecule has 0 spiro atoms. The molecule has 0 aliphatic carbocycles. The molecule has 1 aromatic rings. The Hall–Kier alpha value is -1.52. The molecule has 4 N–H and O–H groups in total. The predicted molar refractivity (Wildman–Crippen MR) is 74.7 cm³/mol. The molecule has 0 bridgehead atoms. The van der Waals surface area contributed by atoms with Crippen LogP contribution in [0, 0.1) is 6.92 Å². The molecular weight excluding hydrogens is 306 g/mol. The number of nitrogens with two attached hydrogens (primary N) is 1. The second-order valence-corrected chi connectivity index (χ2v) is 7.32. The van der Waals surface area contributed by atoms with Crippen LogP contribution in [0.25, 0.3) is 0 Å². The van der Waals surface area contributed by atoms with Crippen LogP contribution in [-0.4, -0.2) is 47.8 Å². The summed E-state index contributed by atoms with van der Waals surface area (Å²) in [6.45, 7) is 1.51. The lowest BCUT2D eigenvalue weighted by Gasteiger charge is -2.10. The van der Waals surface area contributed by atoms with Gasteiger partial charge in [-0.25, -0.2) is 13.2 Å². The Kier molecular flexibility index (Phi) is 5.20. The minimum atomic E-state index is -3.21. The van der Waals surface area contributed by atoms with E-state index in [2.05, 4.69) is 9.69 Å². The van der Waals surface area contributed by atoms with Crippen molar-refractivity contribution in [2.75, 3.05) is 17.3 Å². The fourth-order valence-corrected chi connectivity index (χ4v) is 2.86. The van der Waals surface area contributed by atoms with E-state index < -0.39 is 27.8 Å². The summed E-state index contributed by atoms with van der Waals surface area (Å²) in [6, 6.07) is -1.03. The number of carboxylic acid groups (broad SMARTS) is 1. The molecule has 10 heteroatoms. The third-order valence-electron chi connectivity index (χ3n) is 2.45. The van der Waals surface area contributed by atoms with Crippen molar-refractivity contribution < 1.29 is 23.1 Å². The van der Waals surface area contributed by atoms with Crippen LogP contribution in [0.2, 0.25) is 0 Å². The molecular formula is C10H15N3O5S2. The first kappa shape index (κ1) is 16.5. The molecule has 112 valence electrons. The summed E-state index contributed by atoms with van der Waals surface area (Å²) in [6.07, 6.45) is 1.01. The zero-order valence-electron chi connectivity index (χ0n) is 10.9. The Morgan fingerprint density at radius 2 is 2.10 bits per heavy atom. The SMILES string of the molecule is Cc1nsc(NC(=O)C(N)CCS(C)(=O)=O)c1C(=O)O. The summed E-state index contributed by atoms with van der Waals surface area (Å²) in [5.41, 5.74) is 5.77. The highest BCUT2D eigenvalue weighted by atomic mass is 32.2. The molecule has 20 heavy (non-hydrogen) atoms. The van der Waals surface area contributed by atoms with Crippen LogP contribution in [0.15, 0.2) is 0 Å². The van der Waals surface area contributed by atoms with Gasteiger partial charge in [-0.15, -0.1) is 0 Å². The minimum Gasteiger partial charge on any atom is -0.478 e. The van der Waals surface area contributed by atoms with Crippen LogP contribution in [0.5, 0.6) is 0 Å². The highest BCUT2D eigenvalue weighted by Crippen LogP contribution is 2.24. The second-order valence-electron chi connectivity index (χ2n) is 4.29. The molecule has 1 rings (SSSR count). The summed E-state index contributed by atoms with van der Waals surface area (Å²) in [7, 11) is -3.21. The van der Waals surface area contributed by atoms with E-state index in [1.165, 1.54) is 6.92 Å². The van der Waals surface area contributed by atoms with Gasteiger partial charge in [0.1, 0.15) is 20.4 Å². The topological polar surface area (TPSA) is 139 Å². The number of sulfone groups is 1. The molecule has 1 heterocycles. The monoisotopic (exact) mass is 321 g/mol. The summed E-state index contributed by atoms with van der Waals surface area (Å²) >= 11 is 0.837. The number of carbonyl (C=O) groups excluding carboxylic acids is 1. The number of aromatic nitrogens is 1. The van der Waals surface area contributed by atoms with E-state index >= 15 is 0 Å². The molecule has 8 nitrogen and oxygen atoms in total. The van der Waals surface area contributed by atoms with Crippen molar-refractivity contribution in [3.05, 3.63) is 11.3 Å². The maximum absolute atomic E-state index is 11.8. The van der Waals surface area contributed by atoms with E-state index in [0.717, 1.165) is 17.8 Å². The highest BCUT2D eigenvalue weighted by Gasteiger charge is 2.22. The Bertz CT molecular complexity index is 623. The van der Waals surface area contributed by atoms with Gasteiger partial charge in [-0.3, -0.25) is 4.79 Å². The maximum atomic E-state index is 11.8. The van der Waals surface area contributed by atoms with Gasteiger partial charge in [0, 0.05) is 6.26 Å². The molecule has 0 saturated heterocycles. The van der Waals surface area contributed by atoms with E-state index in [9.17, 15) is 18.0 Å². The molecule has 1 amide bonds. The van der Waals surface area contributed by atoms with Gasteiger partial charge >= 0.3 is 5.97 Å². The van der Waals surface area contributed by atoms with Crippen molar-refractivity contribution in [3.8, 4) is 0 Å². The van der Waals surface area contributed by atoms with E-state index in [0.29, 0.717) is 5.69 Å². The quantitative estimate of drug-likeness (QED) is 0.662. The Morgan fingerprint density at radius 3 is 2.60 bits per heavy atom. The van der Waals surface area contributed by atoms with E-state index in [-0.39, 0.29) is 22.7 Å². The lowest BCUT2D eigenvalue weighted by molar-refractivity contribution is -0.117. The van der Waals surface area contributed by atoms with E-state index in [1.54, 1.807) is 0 Å². The summed E-state index contributed by atoms with van der Waals surface area (Å²) in [5.74, 6) is -2.05. The van der Waals surface area contributed by atoms with Gasteiger partial charge in [-0.1, -0.05) is 0 Å². The smallest absolute Gasteiger partial charge is 0.340 e. The van der Waals surface area contributed by atoms with Crippen LogP contribution in [0.3, 0.4) is 0 Å². The molecule has 0 aliphatic rings. The van der Waals surface area contributed by atoms with Crippen LogP contribution in [-0.2, 0) is 14.6 Å². The van der Waals surface area contributed by atoms with Gasteiger partial charge in [0.15, 0.2) is 0 Å². The number of carbonyl (C=O) groups is 2. The van der Waals surface area contributed by atoms with Gasteiger partial charge in [0.2, 0.25) is 5.91 Å². The number of carboxylic acids is 1. The number of rotatable bonds is 6. The number of hydrogen-bond acceptors (Lipinski definition) is 7. The molecule has 0 aliphatic heterocycles. The molecule has 0 fully saturated rings. The van der Waals surface area contributed by atoms with Gasteiger partial charge in [-0.05, 0) is 24.9 Å². The molecule has 1 atom stereocenters. The normalized spacial score (nSPS) is 12.9. The lowest BCUT2D eigenvalue weighted by atomic mass is 10.2.